The summed E-state index contributed by atoms with van der Waals surface area (Å²) in [5.74, 6) is 0.139. The molecule has 64 valence electrons. The quantitative estimate of drug-likeness (QED) is 0.483. The van der Waals surface area contributed by atoms with Gasteiger partial charge >= 0.3 is 0 Å². The predicted octanol–water partition coefficient (Wildman–Crippen LogP) is -4.88. The van der Waals surface area contributed by atoms with Gasteiger partial charge in [-0.1, -0.05) is 0 Å². The van der Waals surface area contributed by atoms with Gasteiger partial charge in [0, 0.05) is 14.1 Å². The Morgan fingerprint density at radius 3 is 1.90 bits per heavy atom. The van der Waals surface area contributed by atoms with Crippen molar-refractivity contribution in [1.29, 1.82) is 0 Å². The summed E-state index contributed by atoms with van der Waals surface area (Å²) in [6.45, 7) is 0.431. The summed E-state index contributed by atoms with van der Waals surface area (Å²) in [5.41, 5.74) is 3.45. The molecule has 0 aromatic heterocycles. The molecule has 0 fully saturated rings. The Morgan fingerprint density at radius 1 is 1.40 bits per heavy atom. The van der Waals surface area contributed by atoms with E-state index >= 15 is 0 Å². The molecule has 0 aromatic carbocycles. The molecular weight excluding hydrogens is 176 g/mol. The summed E-state index contributed by atoms with van der Waals surface area (Å²) in [6.07, 6.45) is 0. The summed E-state index contributed by atoms with van der Waals surface area (Å²) in [4.78, 5) is 0. The van der Waals surface area contributed by atoms with Crippen molar-refractivity contribution in [3.63, 3.8) is 0 Å². The smallest absolute Gasteiger partial charge is 0.219 e. The Balaban J connectivity index is 0. The van der Waals surface area contributed by atoms with Crippen molar-refractivity contribution in [1.82, 2.24) is 4.31 Å². The maximum absolute atomic E-state index is 10.8. The second-order valence-electron chi connectivity index (χ2n) is 1.95. The van der Waals surface area contributed by atoms with E-state index in [-0.39, 0.29) is 18.2 Å². The van der Waals surface area contributed by atoms with Crippen LogP contribution >= 0.6 is 0 Å². The minimum absolute atomic E-state index is 0. The van der Waals surface area contributed by atoms with Crippen molar-refractivity contribution < 1.29 is 26.6 Å². The van der Waals surface area contributed by atoms with Crippen LogP contribution in [0.25, 0.3) is 0 Å². The molecule has 0 saturated carbocycles. The predicted molar refractivity (Wildman–Crippen MR) is 35.2 cm³/mol. The number of rotatable bonds is 3. The molecule has 10 heavy (non-hydrogen) atoms. The first-order valence-electron chi connectivity index (χ1n) is 2.70. The van der Waals surface area contributed by atoms with Gasteiger partial charge in [-0.2, -0.15) is 0 Å². The van der Waals surface area contributed by atoms with Crippen LogP contribution in [0.4, 0.5) is 0 Å². The third kappa shape index (κ3) is 4.05. The Kier molecular flexibility index (Phi) is 6.27. The summed E-state index contributed by atoms with van der Waals surface area (Å²) >= 11 is 0. The standard InChI is InChI=1S/C4H12N2O2S.ClH/c1-6(2)9(7,8)4-3-5;/h3-5H2,1-2H3;1H. The Labute approximate surface area is 67.8 Å². The van der Waals surface area contributed by atoms with Crippen molar-refractivity contribution in [2.24, 2.45) is 0 Å². The average Bonchev–Trinajstić information content (AvgIpc) is 1.65. The maximum atomic E-state index is 10.8. The van der Waals surface area contributed by atoms with Gasteiger partial charge in [-0.3, -0.25) is 0 Å². The van der Waals surface area contributed by atoms with Gasteiger partial charge in [-0.15, -0.1) is 0 Å². The highest BCUT2D eigenvalue weighted by molar-refractivity contribution is 7.89. The van der Waals surface area contributed by atoms with Crippen LogP contribution in [0.3, 0.4) is 0 Å². The van der Waals surface area contributed by atoms with Crippen LogP contribution in [0, 0.1) is 0 Å². The highest BCUT2D eigenvalue weighted by atomic mass is 35.5. The molecule has 0 spiro atoms. The minimum Gasteiger partial charge on any atom is -1.00 e. The monoisotopic (exact) mass is 188 g/mol. The van der Waals surface area contributed by atoms with Crippen molar-refractivity contribution in [3.05, 3.63) is 0 Å². The summed E-state index contributed by atoms with van der Waals surface area (Å²) in [7, 11) is 0.0603. The molecule has 0 saturated heterocycles. The molecule has 4 nitrogen and oxygen atoms in total. The van der Waals surface area contributed by atoms with E-state index in [9.17, 15) is 8.42 Å². The van der Waals surface area contributed by atoms with E-state index in [1.54, 1.807) is 0 Å². The molecular formula is C4H13ClN2O2S. The molecule has 0 rings (SSSR count). The zero-order chi connectivity index (χ0) is 7.49. The Morgan fingerprint density at radius 2 is 1.80 bits per heavy atom. The largest absolute Gasteiger partial charge is 1.00 e. The summed E-state index contributed by atoms with van der Waals surface area (Å²) in [6, 6.07) is 0. The van der Waals surface area contributed by atoms with Crippen LogP contribution in [-0.2, 0) is 10.0 Å². The topological polar surface area (TPSA) is 65.0 Å². The van der Waals surface area contributed by atoms with Crippen LogP contribution in [0.15, 0.2) is 0 Å². The first kappa shape index (κ1) is 12.8. The molecule has 0 aliphatic carbocycles. The molecule has 0 aliphatic rings. The van der Waals surface area contributed by atoms with Crippen molar-refractivity contribution in [3.8, 4) is 0 Å². The maximum Gasteiger partial charge on any atom is 0.219 e. The van der Waals surface area contributed by atoms with Crippen LogP contribution in [-0.4, -0.2) is 39.1 Å². The van der Waals surface area contributed by atoms with E-state index in [1.807, 2.05) is 0 Å². The van der Waals surface area contributed by atoms with Crippen LogP contribution in [0.2, 0.25) is 0 Å². The molecule has 0 radical (unpaired) electrons. The first-order valence-corrected chi connectivity index (χ1v) is 4.31. The molecule has 0 aliphatic heterocycles. The zero-order valence-corrected chi connectivity index (χ0v) is 7.74. The summed E-state index contributed by atoms with van der Waals surface area (Å²) in [5, 5.41) is 0. The van der Waals surface area contributed by atoms with Crippen LogP contribution in [0.5, 0.6) is 0 Å². The fourth-order valence-corrected chi connectivity index (χ4v) is 1.09. The zero-order valence-electron chi connectivity index (χ0n) is 6.17. The van der Waals surface area contributed by atoms with Crippen molar-refractivity contribution in [2.45, 2.75) is 0 Å². The summed E-state index contributed by atoms with van der Waals surface area (Å²) < 4.78 is 22.8. The van der Waals surface area contributed by atoms with Gasteiger partial charge < -0.3 is 18.1 Å². The fraction of sp³-hybridized carbons (Fsp3) is 1.00. The molecule has 0 amide bonds. The molecule has 0 atom stereocenters. The highest BCUT2D eigenvalue weighted by Crippen LogP contribution is 1.89. The number of sulfonamides is 1. The molecule has 6 heteroatoms. The average molecular weight is 189 g/mol. The lowest BCUT2D eigenvalue weighted by Gasteiger charge is -2.07. The highest BCUT2D eigenvalue weighted by Gasteiger charge is 2.11. The lowest BCUT2D eigenvalue weighted by atomic mass is 10.8. The van der Waals surface area contributed by atoms with Crippen molar-refractivity contribution >= 4 is 10.0 Å². The lowest BCUT2D eigenvalue weighted by Crippen LogP contribution is -3.00. The Hall–Kier alpha value is 0.160. The molecule has 0 unspecified atom stereocenters. The van der Waals surface area contributed by atoms with Gasteiger partial charge in [0.1, 0.15) is 5.75 Å². The Bertz CT molecular complexity index is 166. The van der Waals surface area contributed by atoms with Gasteiger partial charge in [0.25, 0.3) is 0 Å². The van der Waals surface area contributed by atoms with Crippen molar-refractivity contribution in [2.75, 3.05) is 26.4 Å². The fourth-order valence-electron chi connectivity index (χ4n) is 0.365. The second kappa shape index (κ2) is 4.90. The number of halogens is 1. The van der Waals surface area contributed by atoms with E-state index in [4.69, 9.17) is 0 Å². The number of hydrogen-bond acceptors (Lipinski definition) is 2. The molecule has 0 bridgehead atoms. The van der Waals surface area contributed by atoms with E-state index in [1.165, 1.54) is 18.4 Å². The molecule has 3 N–H and O–H groups in total. The third-order valence-electron chi connectivity index (χ3n) is 0.959. The SMILES string of the molecule is CN(C)S(=O)(=O)CC[NH3+].[Cl-]. The van der Waals surface area contributed by atoms with E-state index in [2.05, 4.69) is 5.73 Å². The van der Waals surface area contributed by atoms with E-state index in [0.717, 1.165) is 0 Å². The van der Waals surface area contributed by atoms with Crippen LogP contribution < -0.4 is 18.1 Å². The number of quaternary nitrogens is 1. The second-order valence-corrected chi connectivity index (χ2v) is 4.25. The number of hydrogen-bond donors (Lipinski definition) is 1. The van der Waals surface area contributed by atoms with Crippen LogP contribution in [0.1, 0.15) is 0 Å². The molecule has 0 heterocycles. The van der Waals surface area contributed by atoms with Gasteiger partial charge in [0.05, 0.1) is 6.54 Å². The minimum atomic E-state index is -2.98. The van der Waals surface area contributed by atoms with Gasteiger partial charge in [-0.25, -0.2) is 12.7 Å². The van der Waals surface area contributed by atoms with Gasteiger partial charge in [0.15, 0.2) is 0 Å². The van der Waals surface area contributed by atoms with E-state index < -0.39 is 10.0 Å². The normalized spacial score (nSPS) is 11.2. The number of nitrogens with zero attached hydrogens (tertiary/aromatic N) is 1. The lowest BCUT2D eigenvalue weighted by molar-refractivity contribution is -0.360. The van der Waals surface area contributed by atoms with Gasteiger partial charge in [-0.05, 0) is 0 Å². The molecule has 0 aromatic rings. The van der Waals surface area contributed by atoms with Gasteiger partial charge in [0.2, 0.25) is 10.0 Å². The first-order chi connectivity index (χ1) is 4.00. The third-order valence-corrected chi connectivity index (χ3v) is 2.88. The van der Waals surface area contributed by atoms with E-state index in [0.29, 0.717) is 6.54 Å².